The summed E-state index contributed by atoms with van der Waals surface area (Å²) in [6.07, 6.45) is 0. The first-order valence-electron chi connectivity index (χ1n) is 7.61. The lowest BCUT2D eigenvalue weighted by Gasteiger charge is -2.42. The van der Waals surface area contributed by atoms with Crippen LogP contribution in [0.15, 0.2) is 23.1 Å². The minimum absolute atomic E-state index is 0. The largest absolute Gasteiger partial charge is 0.508 e. The molecule has 0 aromatic heterocycles. The number of phenolic OH excluding ortho intramolecular Hbond substituents is 1. The lowest BCUT2D eigenvalue weighted by molar-refractivity contribution is -0.0328. The van der Waals surface area contributed by atoms with Gasteiger partial charge >= 0.3 is 5.51 Å². The summed E-state index contributed by atoms with van der Waals surface area (Å²) >= 11 is -0.144. The molecular formula is C16H25Cl2F3N2OS. The molecule has 1 aliphatic heterocycles. The molecule has 0 spiro atoms. The van der Waals surface area contributed by atoms with Crippen LogP contribution in [0.3, 0.4) is 0 Å². The fourth-order valence-corrected chi connectivity index (χ4v) is 3.69. The molecular weight excluding hydrogens is 396 g/mol. The standard InChI is InChI=1S/C16H23F3N2OS.2ClH/c1-15(2,3)14(21-8-6-20-7-9-21)12-10-11(4-5-13(12)22)23-16(17,18)19;;/h4-5,10,14,20,22H,6-9H2,1-3H3;2*1H/t14-;;/m0../s1. The van der Waals surface area contributed by atoms with Crippen LogP contribution >= 0.6 is 36.6 Å². The van der Waals surface area contributed by atoms with Crippen molar-refractivity contribution in [3.63, 3.8) is 0 Å². The zero-order valence-corrected chi connectivity index (χ0v) is 16.8. The van der Waals surface area contributed by atoms with E-state index < -0.39 is 5.51 Å². The summed E-state index contributed by atoms with van der Waals surface area (Å²) in [4.78, 5) is 2.34. The van der Waals surface area contributed by atoms with Gasteiger partial charge in [0, 0.05) is 42.7 Å². The fraction of sp³-hybridized carbons (Fsp3) is 0.625. The predicted octanol–water partition coefficient (Wildman–Crippen LogP) is 4.84. The van der Waals surface area contributed by atoms with Gasteiger partial charge in [-0.1, -0.05) is 20.8 Å². The van der Waals surface area contributed by atoms with E-state index in [2.05, 4.69) is 10.2 Å². The Bertz CT molecular complexity index is 547. The zero-order chi connectivity index (χ0) is 17.3. The highest BCUT2D eigenvalue weighted by Gasteiger charge is 2.35. The van der Waals surface area contributed by atoms with Crippen molar-refractivity contribution in [2.24, 2.45) is 5.41 Å². The molecule has 1 saturated heterocycles. The fourth-order valence-electron chi connectivity index (χ4n) is 3.10. The van der Waals surface area contributed by atoms with Crippen LogP contribution in [0.1, 0.15) is 32.4 Å². The Balaban J connectivity index is 0.00000288. The van der Waals surface area contributed by atoms with Crippen molar-refractivity contribution in [1.82, 2.24) is 10.2 Å². The Kier molecular flexibility index (Phi) is 9.42. The number of aromatic hydroxyl groups is 1. The second-order valence-corrected chi connectivity index (χ2v) is 7.96. The van der Waals surface area contributed by atoms with E-state index in [1.165, 1.54) is 18.2 Å². The first kappa shape index (κ1) is 24.7. The highest BCUT2D eigenvalue weighted by Crippen LogP contribution is 2.45. The van der Waals surface area contributed by atoms with Crippen LogP contribution in [0.2, 0.25) is 0 Å². The van der Waals surface area contributed by atoms with Crippen molar-refractivity contribution >= 4 is 36.6 Å². The first-order valence-corrected chi connectivity index (χ1v) is 8.43. The highest BCUT2D eigenvalue weighted by atomic mass is 35.5. The van der Waals surface area contributed by atoms with Gasteiger partial charge in [-0.05, 0) is 35.4 Å². The van der Waals surface area contributed by atoms with Crippen LogP contribution in [0.4, 0.5) is 13.2 Å². The molecule has 1 aliphatic rings. The number of benzene rings is 1. The van der Waals surface area contributed by atoms with Gasteiger partial charge in [0.15, 0.2) is 0 Å². The third-order valence-electron chi connectivity index (χ3n) is 3.86. The van der Waals surface area contributed by atoms with Gasteiger partial charge in [-0.2, -0.15) is 13.2 Å². The molecule has 0 unspecified atom stereocenters. The van der Waals surface area contributed by atoms with Crippen LogP contribution in [0.25, 0.3) is 0 Å². The number of hydrogen-bond donors (Lipinski definition) is 2. The minimum atomic E-state index is -4.33. The molecule has 1 heterocycles. The summed E-state index contributed by atoms with van der Waals surface area (Å²) in [6.45, 7) is 9.42. The van der Waals surface area contributed by atoms with Gasteiger partial charge in [0.25, 0.3) is 0 Å². The van der Waals surface area contributed by atoms with Gasteiger partial charge in [-0.15, -0.1) is 24.8 Å². The van der Waals surface area contributed by atoms with E-state index in [0.29, 0.717) is 5.56 Å². The molecule has 25 heavy (non-hydrogen) atoms. The van der Waals surface area contributed by atoms with E-state index in [9.17, 15) is 18.3 Å². The summed E-state index contributed by atoms with van der Waals surface area (Å²) in [5.41, 5.74) is -3.98. The van der Waals surface area contributed by atoms with Gasteiger partial charge in [-0.3, -0.25) is 4.90 Å². The average molecular weight is 421 g/mol. The van der Waals surface area contributed by atoms with Gasteiger partial charge in [0.2, 0.25) is 0 Å². The molecule has 2 rings (SSSR count). The van der Waals surface area contributed by atoms with E-state index in [4.69, 9.17) is 0 Å². The number of piperazine rings is 1. The topological polar surface area (TPSA) is 35.5 Å². The third-order valence-corrected chi connectivity index (χ3v) is 4.59. The van der Waals surface area contributed by atoms with Gasteiger partial charge < -0.3 is 10.4 Å². The molecule has 0 amide bonds. The number of rotatable bonds is 3. The molecule has 9 heteroatoms. The molecule has 146 valence electrons. The lowest BCUT2D eigenvalue weighted by Crippen LogP contribution is -2.48. The predicted molar refractivity (Wildman–Crippen MR) is 101 cm³/mol. The number of nitrogens with one attached hydrogen (secondary N) is 1. The average Bonchev–Trinajstić information content (AvgIpc) is 2.41. The monoisotopic (exact) mass is 420 g/mol. The Morgan fingerprint density at radius 3 is 2.16 bits per heavy atom. The maximum absolute atomic E-state index is 12.6. The number of hydrogen-bond acceptors (Lipinski definition) is 4. The van der Waals surface area contributed by atoms with E-state index in [1.807, 2.05) is 20.8 Å². The molecule has 0 saturated carbocycles. The minimum Gasteiger partial charge on any atom is -0.508 e. The van der Waals surface area contributed by atoms with Gasteiger partial charge in [0.1, 0.15) is 5.75 Å². The molecule has 0 aliphatic carbocycles. The summed E-state index contributed by atoms with van der Waals surface area (Å²) in [5.74, 6) is 0.0509. The van der Waals surface area contributed by atoms with E-state index >= 15 is 0 Å². The Morgan fingerprint density at radius 1 is 1.12 bits per heavy atom. The molecule has 1 aromatic carbocycles. The van der Waals surface area contributed by atoms with E-state index in [1.54, 1.807) is 0 Å². The molecule has 3 nitrogen and oxygen atoms in total. The first-order chi connectivity index (χ1) is 10.6. The summed E-state index contributed by atoms with van der Waals surface area (Å²) in [7, 11) is 0. The molecule has 1 atom stereocenters. The van der Waals surface area contributed by atoms with Crippen LogP contribution in [0, 0.1) is 5.41 Å². The number of phenols is 1. The molecule has 1 fully saturated rings. The normalized spacial score (nSPS) is 17.4. The third kappa shape index (κ3) is 7.06. The number of nitrogens with zero attached hydrogens (tertiary/aromatic N) is 1. The van der Waals surface area contributed by atoms with Crippen LogP contribution in [0.5, 0.6) is 5.75 Å². The molecule has 2 N–H and O–H groups in total. The van der Waals surface area contributed by atoms with E-state index in [0.717, 1.165) is 26.2 Å². The van der Waals surface area contributed by atoms with Crippen molar-refractivity contribution in [3.8, 4) is 5.75 Å². The van der Waals surface area contributed by atoms with Crippen molar-refractivity contribution in [1.29, 1.82) is 0 Å². The SMILES string of the molecule is CC(C)(C)[C@H](c1cc(SC(F)(F)F)ccc1O)N1CCNCC1.Cl.Cl. The lowest BCUT2D eigenvalue weighted by atomic mass is 9.80. The quantitative estimate of drug-likeness (QED) is 0.685. The van der Waals surface area contributed by atoms with Gasteiger partial charge in [-0.25, -0.2) is 0 Å². The second kappa shape index (κ2) is 9.55. The maximum atomic E-state index is 12.6. The molecule has 0 radical (unpaired) electrons. The van der Waals surface area contributed by atoms with Crippen molar-refractivity contribution in [3.05, 3.63) is 23.8 Å². The summed E-state index contributed by atoms with van der Waals surface area (Å²) in [5, 5.41) is 13.5. The second-order valence-electron chi connectivity index (χ2n) is 6.82. The maximum Gasteiger partial charge on any atom is 0.446 e. The Morgan fingerprint density at radius 2 is 1.68 bits per heavy atom. The highest BCUT2D eigenvalue weighted by molar-refractivity contribution is 8.00. The Labute approximate surface area is 163 Å². The van der Waals surface area contributed by atoms with E-state index in [-0.39, 0.29) is 58.7 Å². The van der Waals surface area contributed by atoms with Gasteiger partial charge in [0.05, 0.1) is 0 Å². The van der Waals surface area contributed by atoms with Crippen LogP contribution < -0.4 is 5.32 Å². The number of thioether (sulfide) groups is 1. The molecule has 0 bridgehead atoms. The summed E-state index contributed by atoms with van der Waals surface area (Å²) in [6, 6.07) is 4.02. The van der Waals surface area contributed by atoms with Crippen molar-refractivity contribution in [2.45, 2.75) is 37.2 Å². The number of halogens is 5. The Hall–Kier alpha value is -0.340. The zero-order valence-electron chi connectivity index (χ0n) is 14.4. The van der Waals surface area contributed by atoms with Crippen LogP contribution in [-0.4, -0.2) is 41.7 Å². The number of alkyl halides is 3. The smallest absolute Gasteiger partial charge is 0.446 e. The van der Waals surface area contributed by atoms with Crippen molar-refractivity contribution < 1.29 is 18.3 Å². The van der Waals surface area contributed by atoms with Crippen LogP contribution in [-0.2, 0) is 0 Å². The van der Waals surface area contributed by atoms with Crippen molar-refractivity contribution in [2.75, 3.05) is 26.2 Å². The molecule has 1 aromatic rings. The summed E-state index contributed by atoms with van der Waals surface area (Å²) < 4.78 is 37.9.